The fourth-order valence-electron chi connectivity index (χ4n) is 1.72. The van der Waals surface area contributed by atoms with Crippen molar-refractivity contribution in [3.8, 4) is 5.75 Å². The molecule has 0 atom stereocenters. The van der Waals surface area contributed by atoms with E-state index < -0.39 is 0 Å². The van der Waals surface area contributed by atoms with Gasteiger partial charge in [0.05, 0.1) is 0 Å². The van der Waals surface area contributed by atoms with Gasteiger partial charge in [0.1, 0.15) is 5.75 Å². The van der Waals surface area contributed by atoms with E-state index in [9.17, 15) is 9.59 Å². The van der Waals surface area contributed by atoms with Crippen LogP contribution in [-0.2, 0) is 4.79 Å². The number of nitrogens with one attached hydrogen (secondary N) is 1. The quantitative estimate of drug-likeness (QED) is 0.839. The highest BCUT2D eigenvalue weighted by atomic mass is 79.9. The van der Waals surface area contributed by atoms with Crippen LogP contribution in [0.2, 0.25) is 0 Å². The first-order valence-corrected chi connectivity index (χ1v) is 7.13. The molecule has 108 valence electrons. The Kier molecular flexibility index (Phi) is 5.11. The number of Topliss-reactive ketones (excluding diaryl/α,β-unsaturated/α-hetero) is 1. The summed E-state index contributed by atoms with van der Waals surface area (Å²) in [5, 5.41) is 2.69. The van der Waals surface area contributed by atoms with Gasteiger partial charge in [-0.3, -0.25) is 9.59 Å². The molecule has 0 aliphatic rings. The van der Waals surface area contributed by atoms with Crippen LogP contribution in [0.25, 0.3) is 0 Å². The summed E-state index contributed by atoms with van der Waals surface area (Å²) < 4.78 is 6.27. The Morgan fingerprint density at radius 3 is 2.62 bits per heavy atom. The molecule has 2 aromatic carbocycles. The first-order valence-electron chi connectivity index (χ1n) is 6.34. The lowest BCUT2D eigenvalue weighted by Crippen LogP contribution is -2.20. The van der Waals surface area contributed by atoms with Crippen LogP contribution in [0, 0.1) is 0 Å². The monoisotopic (exact) mass is 347 g/mol. The van der Waals surface area contributed by atoms with Gasteiger partial charge in [-0.1, -0.05) is 34.1 Å². The predicted octanol–water partition coefficient (Wildman–Crippen LogP) is 3.67. The van der Waals surface area contributed by atoms with Crippen LogP contribution < -0.4 is 10.1 Å². The molecule has 0 saturated heterocycles. The van der Waals surface area contributed by atoms with Gasteiger partial charge in [-0.2, -0.15) is 0 Å². The van der Waals surface area contributed by atoms with Gasteiger partial charge in [0, 0.05) is 15.7 Å². The van der Waals surface area contributed by atoms with Crippen molar-refractivity contribution in [1.29, 1.82) is 0 Å². The molecule has 0 aromatic heterocycles. The van der Waals surface area contributed by atoms with Crippen molar-refractivity contribution in [1.82, 2.24) is 0 Å². The minimum absolute atomic E-state index is 0.0449. The van der Waals surface area contributed by atoms with Gasteiger partial charge in [-0.25, -0.2) is 0 Å². The fraction of sp³-hybridized carbons (Fsp3) is 0.125. The number of hydrogen-bond donors (Lipinski definition) is 1. The van der Waals surface area contributed by atoms with Crippen LogP contribution in [0.15, 0.2) is 53.0 Å². The second-order valence-corrected chi connectivity index (χ2v) is 5.35. The highest BCUT2D eigenvalue weighted by Crippen LogP contribution is 2.17. The highest BCUT2D eigenvalue weighted by Gasteiger charge is 2.06. The maximum atomic E-state index is 11.8. The number of carbonyl (C=O) groups excluding carboxylic acids is 2. The van der Waals surface area contributed by atoms with Crippen molar-refractivity contribution in [3.05, 3.63) is 58.6 Å². The summed E-state index contributed by atoms with van der Waals surface area (Å²) >= 11 is 3.33. The molecule has 1 N–H and O–H groups in total. The zero-order chi connectivity index (χ0) is 15.2. The van der Waals surface area contributed by atoms with Gasteiger partial charge in [0.2, 0.25) is 0 Å². The number of anilines is 1. The maximum Gasteiger partial charge on any atom is 0.262 e. The third kappa shape index (κ3) is 4.72. The molecule has 5 heteroatoms. The molecule has 0 bridgehead atoms. The third-order valence-electron chi connectivity index (χ3n) is 2.72. The summed E-state index contributed by atoms with van der Waals surface area (Å²) in [6.07, 6.45) is 0. The van der Waals surface area contributed by atoms with E-state index in [1.165, 1.54) is 6.92 Å². The van der Waals surface area contributed by atoms with E-state index in [0.29, 0.717) is 17.0 Å². The number of rotatable bonds is 5. The lowest BCUT2D eigenvalue weighted by Gasteiger charge is -2.08. The lowest BCUT2D eigenvalue weighted by atomic mass is 10.1. The van der Waals surface area contributed by atoms with E-state index >= 15 is 0 Å². The highest BCUT2D eigenvalue weighted by molar-refractivity contribution is 9.10. The van der Waals surface area contributed by atoms with Crippen LogP contribution in [0.1, 0.15) is 17.3 Å². The molecule has 0 radical (unpaired) electrons. The number of amides is 1. The van der Waals surface area contributed by atoms with E-state index in [4.69, 9.17) is 4.74 Å². The Morgan fingerprint density at radius 2 is 1.90 bits per heavy atom. The first kappa shape index (κ1) is 15.3. The van der Waals surface area contributed by atoms with E-state index in [1.54, 1.807) is 36.4 Å². The maximum absolute atomic E-state index is 11.8. The number of ketones is 1. The zero-order valence-corrected chi connectivity index (χ0v) is 13.0. The Balaban J connectivity index is 1.93. The van der Waals surface area contributed by atoms with Crippen LogP contribution in [-0.4, -0.2) is 18.3 Å². The Bertz CT molecular complexity index is 670. The summed E-state index contributed by atoms with van der Waals surface area (Å²) in [5.74, 6) is 0.282. The molecule has 0 fully saturated rings. The largest absolute Gasteiger partial charge is 0.484 e. The summed E-state index contributed by atoms with van der Waals surface area (Å²) in [7, 11) is 0. The number of carbonyl (C=O) groups is 2. The van der Waals surface area contributed by atoms with Crippen LogP contribution in [0.3, 0.4) is 0 Å². The van der Waals surface area contributed by atoms with E-state index in [-0.39, 0.29) is 18.3 Å². The van der Waals surface area contributed by atoms with Gasteiger partial charge in [0.25, 0.3) is 5.91 Å². The molecule has 0 aliphatic heterocycles. The van der Waals surface area contributed by atoms with Crippen molar-refractivity contribution in [2.75, 3.05) is 11.9 Å². The van der Waals surface area contributed by atoms with Gasteiger partial charge in [-0.05, 0) is 37.3 Å². The van der Waals surface area contributed by atoms with Gasteiger partial charge in [-0.15, -0.1) is 0 Å². The molecular formula is C16H14BrNO3. The van der Waals surface area contributed by atoms with Crippen molar-refractivity contribution in [2.24, 2.45) is 0 Å². The van der Waals surface area contributed by atoms with Crippen molar-refractivity contribution in [2.45, 2.75) is 6.92 Å². The number of benzene rings is 2. The number of hydrogen-bond acceptors (Lipinski definition) is 3. The topological polar surface area (TPSA) is 55.4 Å². The van der Waals surface area contributed by atoms with E-state index in [2.05, 4.69) is 21.2 Å². The Hall–Kier alpha value is -2.14. The molecule has 0 unspecified atom stereocenters. The van der Waals surface area contributed by atoms with Gasteiger partial charge < -0.3 is 10.1 Å². The molecule has 21 heavy (non-hydrogen) atoms. The van der Waals surface area contributed by atoms with Crippen LogP contribution >= 0.6 is 15.9 Å². The molecule has 0 saturated carbocycles. The van der Waals surface area contributed by atoms with Crippen molar-refractivity contribution >= 4 is 33.3 Å². The number of ether oxygens (including phenoxy) is 1. The molecule has 4 nitrogen and oxygen atoms in total. The van der Waals surface area contributed by atoms with Crippen molar-refractivity contribution in [3.63, 3.8) is 0 Å². The molecule has 0 aliphatic carbocycles. The predicted molar refractivity (Wildman–Crippen MR) is 84.7 cm³/mol. The average Bonchev–Trinajstić information content (AvgIpc) is 2.45. The molecule has 2 rings (SSSR count). The Labute approximate surface area is 131 Å². The molecule has 0 spiro atoms. The second kappa shape index (κ2) is 7.04. The van der Waals surface area contributed by atoms with Crippen molar-refractivity contribution < 1.29 is 14.3 Å². The molecule has 1 amide bonds. The summed E-state index contributed by atoms with van der Waals surface area (Å²) in [5.41, 5.74) is 1.13. The number of halogens is 1. The Morgan fingerprint density at radius 1 is 1.14 bits per heavy atom. The minimum atomic E-state index is -0.282. The fourth-order valence-corrected chi connectivity index (χ4v) is 2.10. The molecular weight excluding hydrogens is 334 g/mol. The summed E-state index contributed by atoms with van der Waals surface area (Å²) in [4.78, 5) is 23.1. The second-order valence-electron chi connectivity index (χ2n) is 4.43. The van der Waals surface area contributed by atoms with Gasteiger partial charge in [0.15, 0.2) is 12.4 Å². The van der Waals surface area contributed by atoms with Crippen LogP contribution in [0.4, 0.5) is 5.69 Å². The normalized spacial score (nSPS) is 10.0. The lowest BCUT2D eigenvalue weighted by molar-refractivity contribution is -0.118. The van der Waals surface area contributed by atoms with E-state index in [1.807, 2.05) is 12.1 Å². The average molecular weight is 348 g/mol. The molecule has 2 aromatic rings. The van der Waals surface area contributed by atoms with E-state index in [0.717, 1.165) is 4.47 Å². The van der Waals surface area contributed by atoms with Crippen LogP contribution in [0.5, 0.6) is 5.75 Å². The SMILES string of the molecule is CC(=O)c1cccc(NC(=O)COc2cccc(Br)c2)c1. The van der Waals surface area contributed by atoms with Gasteiger partial charge >= 0.3 is 0 Å². The standard InChI is InChI=1S/C16H14BrNO3/c1-11(19)12-4-2-6-14(8-12)18-16(20)10-21-15-7-3-5-13(17)9-15/h2-9H,10H2,1H3,(H,18,20). The third-order valence-corrected chi connectivity index (χ3v) is 3.21. The summed E-state index contributed by atoms with van der Waals surface area (Å²) in [6.45, 7) is 1.39. The minimum Gasteiger partial charge on any atom is -0.484 e. The summed E-state index contributed by atoms with van der Waals surface area (Å²) in [6, 6.07) is 14.0. The molecule has 0 heterocycles. The zero-order valence-electron chi connectivity index (χ0n) is 11.4. The smallest absolute Gasteiger partial charge is 0.262 e. The first-order chi connectivity index (χ1) is 10.0.